The van der Waals surface area contributed by atoms with Gasteiger partial charge in [0.1, 0.15) is 5.76 Å². The van der Waals surface area contributed by atoms with E-state index in [0.717, 1.165) is 12.2 Å². The standard InChI is InChI=1S/C12H22O2Si/c1-7-10-8-9-11(13-10)14-15(5,6)12(2,3)4/h8-9H,7H2,1-6H3. The highest BCUT2D eigenvalue weighted by Gasteiger charge is 2.39. The number of hydrogen-bond donors (Lipinski definition) is 0. The third kappa shape index (κ3) is 2.87. The summed E-state index contributed by atoms with van der Waals surface area (Å²) in [7, 11) is -1.74. The minimum Gasteiger partial charge on any atom is -0.519 e. The highest BCUT2D eigenvalue weighted by atomic mass is 28.4. The van der Waals surface area contributed by atoms with Crippen molar-refractivity contribution in [1.29, 1.82) is 0 Å². The molecular weight excluding hydrogens is 204 g/mol. The minimum atomic E-state index is -1.74. The van der Waals surface area contributed by atoms with Crippen LogP contribution in [0.15, 0.2) is 16.5 Å². The van der Waals surface area contributed by atoms with Gasteiger partial charge in [0.25, 0.3) is 14.3 Å². The summed E-state index contributed by atoms with van der Waals surface area (Å²) in [5.74, 6) is 1.67. The van der Waals surface area contributed by atoms with E-state index in [9.17, 15) is 0 Å². The Hall–Kier alpha value is -0.703. The second-order valence-corrected chi connectivity index (χ2v) is 10.2. The van der Waals surface area contributed by atoms with Crippen molar-refractivity contribution in [3.05, 3.63) is 17.9 Å². The van der Waals surface area contributed by atoms with E-state index in [-0.39, 0.29) is 5.04 Å². The molecule has 3 heteroatoms. The molecule has 0 N–H and O–H groups in total. The maximum Gasteiger partial charge on any atom is 0.270 e. The van der Waals surface area contributed by atoms with Gasteiger partial charge in [0.05, 0.1) is 0 Å². The molecule has 1 heterocycles. The van der Waals surface area contributed by atoms with Crippen molar-refractivity contribution in [3.63, 3.8) is 0 Å². The van der Waals surface area contributed by atoms with Crippen LogP contribution in [0.4, 0.5) is 0 Å². The molecule has 1 aromatic rings. The highest BCUT2D eigenvalue weighted by Crippen LogP contribution is 2.37. The average molecular weight is 226 g/mol. The lowest BCUT2D eigenvalue weighted by Crippen LogP contribution is -2.43. The lowest BCUT2D eigenvalue weighted by atomic mass is 10.2. The predicted molar refractivity (Wildman–Crippen MR) is 65.9 cm³/mol. The van der Waals surface area contributed by atoms with Crippen LogP contribution in [0.2, 0.25) is 18.1 Å². The average Bonchev–Trinajstić information content (AvgIpc) is 2.49. The Morgan fingerprint density at radius 1 is 1.27 bits per heavy atom. The topological polar surface area (TPSA) is 22.4 Å². The summed E-state index contributed by atoms with van der Waals surface area (Å²) in [6.07, 6.45) is 0.918. The second kappa shape index (κ2) is 4.04. The van der Waals surface area contributed by atoms with E-state index >= 15 is 0 Å². The van der Waals surface area contributed by atoms with Gasteiger partial charge in [-0.15, -0.1) is 0 Å². The first-order valence-electron chi connectivity index (χ1n) is 5.54. The summed E-state index contributed by atoms with van der Waals surface area (Å²) < 4.78 is 11.6. The number of furan rings is 1. The van der Waals surface area contributed by atoms with Crippen LogP contribution in [0.5, 0.6) is 5.95 Å². The Bertz CT molecular complexity index is 321. The van der Waals surface area contributed by atoms with Crippen molar-refractivity contribution in [2.45, 2.75) is 52.2 Å². The van der Waals surface area contributed by atoms with Gasteiger partial charge in [-0.2, -0.15) is 0 Å². The summed E-state index contributed by atoms with van der Waals surface area (Å²) in [5, 5.41) is 0.214. The Labute approximate surface area is 93.8 Å². The van der Waals surface area contributed by atoms with Crippen molar-refractivity contribution in [1.82, 2.24) is 0 Å². The first kappa shape index (κ1) is 12.4. The second-order valence-electron chi connectivity index (χ2n) is 5.44. The molecular formula is C12H22O2Si. The van der Waals surface area contributed by atoms with E-state index in [2.05, 4.69) is 40.8 Å². The predicted octanol–water partition coefficient (Wildman–Crippen LogP) is 4.23. The van der Waals surface area contributed by atoms with Gasteiger partial charge in [-0.05, 0) is 24.2 Å². The van der Waals surface area contributed by atoms with Crippen LogP contribution in [0, 0.1) is 0 Å². The smallest absolute Gasteiger partial charge is 0.270 e. The molecule has 0 aliphatic heterocycles. The lowest BCUT2D eigenvalue weighted by Gasteiger charge is -2.35. The first-order valence-corrected chi connectivity index (χ1v) is 8.45. The van der Waals surface area contributed by atoms with Gasteiger partial charge in [-0.3, -0.25) is 0 Å². The Morgan fingerprint density at radius 2 is 1.87 bits per heavy atom. The van der Waals surface area contributed by atoms with Gasteiger partial charge >= 0.3 is 0 Å². The molecule has 0 saturated carbocycles. The number of hydrogen-bond acceptors (Lipinski definition) is 2. The van der Waals surface area contributed by atoms with Crippen LogP contribution >= 0.6 is 0 Å². The maximum atomic E-state index is 6.02. The van der Waals surface area contributed by atoms with Gasteiger partial charge in [-0.1, -0.05) is 27.7 Å². The summed E-state index contributed by atoms with van der Waals surface area (Å²) in [6, 6.07) is 3.92. The van der Waals surface area contributed by atoms with Crippen LogP contribution in [0.3, 0.4) is 0 Å². The molecule has 0 fully saturated rings. The summed E-state index contributed by atoms with van der Waals surface area (Å²) in [4.78, 5) is 0. The SMILES string of the molecule is CCc1ccc(O[Si](C)(C)C(C)(C)C)o1. The van der Waals surface area contributed by atoms with Crippen molar-refractivity contribution in [3.8, 4) is 5.95 Å². The van der Waals surface area contributed by atoms with E-state index in [1.165, 1.54) is 0 Å². The first-order chi connectivity index (χ1) is 6.76. The molecule has 0 bridgehead atoms. The van der Waals surface area contributed by atoms with Crippen LogP contribution in [-0.4, -0.2) is 8.32 Å². The molecule has 0 radical (unpaired) electrons. The molecule has 0 atom stereocenters. The molecule has 0 saturated heterocycles. The van der Waals surface area contributed by atoms with E-state index in [1.807, 2.05) is 12.1 Å². The van der Waals surface area contributed by atoms with Crippen molar-refractivity contribution >= 4 is 8.32 Å². The van der Waals surface area contributed by atoms with E-state index in [1.54, 1.807) is 0 Å². The lowest BCUT2D eigenvalue weighted by molar-refractivity contribution is 0.352. The Balaban J connectivity index is 2.77. The normalized spacial score (nSPS) is 12.9. The molecule has 1 aromatic heterocycles. The summed E-state index contributed by atoms with van der Waals surface area (Å²) in [6.45, 7) is 13.2. The van der Waals surface area contributed by atoms with E-state index in [4.69, 9.17) is 8.84 Å². The fourth-order valence-electron chi connectivity index (χ4n) is 1.01. The zero-order chi connectivity index (χ0) is 11.7. The van der Waals surface area contributed by atoms with Gasteiger partial charge in [0.2, 0.25) is 0 Å². The molecule has 2 nitrogen and oxygen atoms in total. The zero-order valence-corrected chi connectivity index (χ0v) is 11.7. The van der Waals surface area contributed by atoms with E-state index in [0.29, 0.717) is 5.95 Å². The maximum absolute atomic E-state index is 6.02. The zero-order valence-electron chi connectivity index (χ0n) is 10.7. The van der Waals surface area contributed by atoms with Crippen LogP contribution in [0.1, 0.15) is 33.5 Å². The molecule has 15 heavy (non-hydrogen) atoms. The fraction of sp³-hybridized carbons (Fsp3) is 0.667. The molecule has 0 aliphatic carbocycles. The van der Waals surface area contributed by atoms with Crippen LogP contribution in [-0.2, 0) is 6.42 Å². The molecule has 0 spiro atoms. The largest absolute Gasteiger partial charge is 0.519 e. The van der Waals surface area contributed by atoms with Crippen LogP contribution in [0.25, 0.3) is 0 Å². The van der Waals surface area contributed by atoms with Gasteiger partial charge in [0, 0.05) is 12.5 Å². The molecule has 0 aromatic carbocycles. The Kier molecular flexibility index (Phi) is 3.33. The van der Waals surface area contributed by atoms with Crippen molar-refractivity contribution < 1.29 is 8.84 Å². The van der Waals surface area contributed by atoms with E-state index < -0.39 is 8.32 Å². The monoisotopic (exact) mass is 226 g/mol. The van der Waals surface area contributed by atoms with Crippen molar-refractivity contribution in [2.24, 2.45) is 0 Å². The summed E-state index contributed by atoms with van der Waals surface area (Å²) in [5.41, 5.74) is 0. The molecule has 0 aliphatic rings. The summed E-state index contributed by atoms with van der Waals surface area (Å²) >= 11 is 0. The highest BCUT2D eigenvalue weighted by molar-refractivity contribution is 6.74. The Morgan fingerprint density at radius 3 is 2.27 bits per heavy atom. The van der Waals surface area contributed by atoms with Crippen molar-refractivity contribution in [2.75, 3.05) is 0 Å². The van der Waals surface area contributed by atoms with Gasteiger partial charge < -0.3 is 8.84 Å². The van der Waals surface area contributed by atoms with Gasteiger partial charge in [0.15, 0.2) is 0 Å². The fourth-order valence-corrected chi connectivity index (χ4v) is 1.93. The number of aryl methyl sites for hydroxylation is 1. The molecule has 1 rings (SSSR count). The minimum absolute atomic E-state index is 0.214. The molecule has 86 valence electrons. The third-order valence-electron chi connectivity index (χ3n) is 3.15. The number of rotatable bonds is 3. The molecule has 0 amide bonds. The third-order valence-corrected chi connectivity index (χ3v) is 7.47. The quantitative estimate of drug-likeness (QED) is 0.720. The molecule has 0 unspecified atom stereocenters. The van der Waals surface area contributed by atoms with Gasteiger partial charge in [-0.25, -0.2) is 0 Å². The van der Waals surface area contributed by atoms with Crippen LogP contribution < -0.4 is 4.43 Å².